The van der Waals surface area contributed by atoms with Crippen molar-refractivity contribution < 1.29 is 0 Å². The Balaban J connectivity index is 2.06. The molecule has 4 heteroatoms. The molecule has 1 fully saturated rings. The number of aryl methyl sites for hydroxylation is 1. The van der Waals surface area contributed by atoms with Crippen LogP contribution in [0.25, 0.3) is 0 Å². The van der Waals surface area contributed by atoms with Gasteiger partial charge in [0.2, 0.25) is 0 Å². The number of nitrogens with one attached hydrogen (secondary N) is 1. The minimum absolute atomic E-state index is 0.621. The lowest BCUT2D eigenvalue weighted by molar-refractivity contribution is 0.0752. The van der Waals surface area contributed by atoms with E-state index in [1.54, 1.807) is 0 Å². The first-order valence-electron chi connectivity index (χ1n) is 7.90. The summed E-state index contributed by atoms with van der Waals surface area (Å²) in [5.74, 6) is 1.42. The molecule has 1 aromatic heterocycles. The Morgan fingerprint density at radius 3 is 2.75 bits per heavy atom. The van der Waals surface area contributed by atoms with E-state index < -0.39 is 0 Å². The van der Waals surface area contributed by atoms with Gasteiger partial charge in [-0.3, -0.25) is 4.90 Å². The van der Waals surface area contributed by atoms with Gasteiger partial charge in [0.1, 0.15) is 5.01 Å². The average molecular weight is 295 g/mol. The minimum Gasteiger partial charge on any atom is -0.311 e. The zero-order chi connectivity index (χ0) is 14.7. The number of nitrogens with zero attached hydrogens (tertiary/aromatic N) is 2. The molecule has 1 aliphatic rings. The summed E-state index contributed by atoms with van der Waals surface area (Å²) in [6.45, 7) is 14.7. The third kappa shape index (κ3) is 3.80. The van der Waals surface area contributed by atoms with Gasteiger partial charge in [-0.2, -0.15) is 0 Å². The molecular weight excluding hydrogens is 266 g/mol. The lowest BCUT2D eigenvalue weighted by Crippen LogP contribution is -2.59. The first kappa shape index (κ1) is 15.9. The van der Waals surface area contributed by atoms with Crippen LogP contribution in [0.4, 0.5) is 0 Å². The predicted octanol–water partition coefficient (Wildman–Crippen LogP) is 3.30. The number of rotatable bonds is 5. The normalized spacial score (nSPS) is 26.1. The van der Waals surface area contributed by atoms with Crippen molar-refractivity contribution in [1.29, 1.82) is 0 Å². The molecular formula is C16H29N3S. The van der Waals surface area contributed by atoms with Gasteiger partial charge in [-0.05, 0) is 18.8 Å². The van der Waals surface area contributed by atoms with E-state index in [2.05, 4.69) is 49.8 Å². The zero-order valence-electron chi connectivity index (χ0n) is 13.5. The molecule has 0 amide bonds. The smallest absolute Gasteiger partial charge is 0.107 e. The summed E-state index contributed by atoms with van der Waals surface area (Å²) in [7, 11) is 0. The molecule has 114 valence electrons. The van der Waals surface area contributed by atoms with Crippen molar-refractivity contribution in [3.05, 3.63) is 16.1 Å². The van der Waals surface area contributed by atoms with Gasteiger partial charge in [0.25, 0.3) is 0 Å². The van der Waals surface area contributed by atoms with Gasteiger partial charge in [-0.25, -0.2) is 4.98 Å². The Morgan fingerprint density at radius 2 is 2.20 bits per heavy atom. The maximum Gasteiger partial charge on any atom is 0.107 e. The fraction of sp³-hybridized carbons (Fsp3) is 0.812. The van der Waals surface area contributed by atoms with E-state index in [1.165, 1.54) is 16.3 Å². The van der Waals surface area contributed by atoms with Crippen molar-refractivity contribution in [2.24, 2.45) is 11.8 Å². The summed E-state index contributed by atoms with van der Waals surface area (Å²) in [6, 6.07) is 1.25. The highest BCUT2D eigenvalue weighted by Crippen LogP contribution is 2.23. The molecule has 1 saturated heterocycles. The summed E-state index contributed by atoms with van der Waals surface area (Å²) >= 11 is 1.84. The zero-order valence-corrected chi connectivity index (χ0v) is 14.3. The van der Waals surface area contributed by atoms with Crippen LogP contribution in [-0.2, 0) is 6.54 Å². The van der Waals surface area contributed by atoms with Gasteiger partial charge in [0.15, 0.2) is 0 Å². The van der Waals surface area contributed by atoms with Gasteiger partial charge in [-0.15, -0.1) is 11.3 Å². The standard InChI is InChI=1S/C16H29N3S/c1-6-12(4)14-9-19(15(8-17-14)11(2)3)10-16-18-7-13(5)20-16/h7,11-12,14-15,17H,6,8-10H2,1-5H3. The second-order valence-corrected chi connectivity index (χ2v) is 7.83. The van der Waals surface area contributed by atoms with Crippen molar-refractivity contribution in [1.82, 2.24) is 15.2 Å². The minimum atomic E-state index is 0.621. The van der Waals surface area contributed by atoms with Gasteiger partial charge >= 0.3 is 0 Å². The molecule has 3 unspecified atom stereocenters. The SMILES string of the molecule is CCC(C)C1CN(Cc2ncc(C)s2)C(C(C)C)CN1. The van der Waals surface area contributed by atoms with Crippen molar-refractivity contribution >= 4 is 11.3 Å². The number of hydrogen-bond donors (Lipinski definition) is 1. The first-order chi connectivity index (χ1) is 9.51. The number of aromatic nitrogens is 1. The Morgan fingerprint density at radius 1 is 1.45 bits per heavy atom. The molecule has 0 aromatic carbocycles. The third-order valence-electron chi connectivity index (χ3n) is 4.60. The molecule has 3 atom stereocenters. The van der Waals surface area contributed by atoms with Crippen LogP contribution < -0.4 is 5.32 Å². The van der Waals surface area contributed by atoms with Crippen molar-refractivity contribution in [3.63, 3.8) is 0 Å². The monoisotopic (exact) mass is 295 g/mol. The molecule has 2 rings (SSSR count). The predicted molar refractivity (Wildman–Crippen MR) is 87.1 cm³/mol. The van der Waals surface area contributed by atoms with Crippen LogP contribution in [0.5, 0.6) is 0 Å². The molecule has 0 bridgehead atoms. The van der Waals surface area contributed by atoms with Crippen LogP contribution in [-0.4, -0.2) is 35.1 Å². The summed E-state index contributed by atoms with van der Waals surface area (Å²) in [5.41, 5.74) is 0. The van der Waals surface area contributed by atoms with E-state index in [9.17, 15) is 0 Å². The van der Waals surface area contributed by atoms with Crippen molar-refractivity contribution in [3.8, 4) is 0 Å². The molecule has 0 spiro atoms. The molecule has 3 nitrogen and oxygen atoms in total. The van der Waals surface area contributed by atoms with Crippen LogP contribution in [0.3, 0.4) is 0 Å². The van der Waals surface area contributed by atoms with E-state index in [-0.39, 0.29) is 0 Å². The largest absolute Gasteiger partial charge is 0.311 e. The van der Waals surface area contributed by atoms with E-state index in [0.717, 1.165) is 25.6 Å². The molecule has 0 saturated carbocycles. The van der Waals surface area contributed by atoms with Crippen LogP contribution in [0.15, 0.2) is 6.20 Å². The Bertz CT molecular complexity index is 416. The summed E-state index contributed by atoms with van der Waals surface area (Å²) in [4.78, 5) is 8.51. The highest BCUT2D eigenvalue weighted by Gasteiger charge is 2.32. The quantitative estimate of drug-likeness (QED) is 0.903. The lowest BCUT2D eigenvalue weighted by Gasteiger charge is -2.43. The van der Waals surface area contributed by atoms with Gasteiger partial charge in [-0.1, -0.05) is 34.1 Å². The Hall–Kier alpha value is -0.450. The number of hydrogen-bond acceptors (Lipinski definition) is 4. The van der Waals surface area contributed by atoms with Crippen LogP contribution >= 0.6 is 11.3 Å². The highest BCUT2D eigenvalue weighted by atomic mass is 32.1. The summed E-state index contributed by atoms with van der Waals surface area (Å²) < 4.78 is 0. The van der Waals surface area contributed by atoms with E-state index >= 15 is 0 Å². The average Bonchev–Trinajstić information content (AvgIpc) is 2.82. The van der Waals surface area contributed by atoms with Crippen LogP contribution in [0.2, 0.25) is 0 Å². The lowest BCUT2D eigenvalue weighted by atomic mass is 9.92. The molecule has 0 aliphatic carbocycles. The number of piperazine rings is 1. The molecule has 1 aliphatic heterocycles. The highest BCUT2D eigenvalue weighted by molar-refractivity contribution is 7.11. The fourth-order valence-electron chi connectivity index (χ4n) is 3.01. The van der Waals surface area contributed by atoms with Gasteiger partial charge in [0.05, 0.1) is 6.54 Å². The summed E-state index contributed by atoms with van der Waals surface area (Å²) in [5, 5.41) is 5.03. The van der Waals surface area contributed by atoms with E-state index in [0.29, 0.717) is 18.0 Å². The van der Waals surface area contributed by atoms with E-state index in [1.807, 2.05) is 17.5 Å². The third-order valence-corrected chi connectivity index (χ3v) is 5.49. The van der Waals surface area contributed by atoms with E-state index in [4.69, 9.17) is 0 Å². The number of thiazole rings is 1. The molecule has 1 aromatic rings. The molecule has 2 heterocycles. The fourth-order valence-corrected chi connectivity index (χ4v) is 3.82. The van der Waals surface area contributed by atoms with Crippen LogP contribution in [0.1, 0.15) is 44.0 Å². The van der Waals surface area contributed by atoms with Crippen molar-refractivity contribution in [2.45, 2.75) is 59.7 Å². The second kappa shape index (κ2) is 7.01. The van der Waals surface area contributed by atoms with Gasteiger partial charge in [0, 0.05) is 36.2 Å². The second-order valence-electron chi connectivity index (χ2n) is 6.51. The Labute approximate surface area is 127 Å². The first-order valence-corrected chi connectivity index (χ1v) is 8.71. The molecule has 20 heavy (non-hydrogen) atoms. The summed E-state index contributed by atoms with van der Waals surface area (Å²) in [6.07, 6.45) is 3.24. The van der Waals surface area contributed by atoms with Gasteiger partial charge < -0.3 is 5.32 Å². The molecule has 0 radical (unpaired) electrons. The maximum absolute atomic E-state index is 4.55. The Kier molecular flexibility index (Phi) is 5.58. The molecule has 1 N–H and O–H groups in total. The maximum atomic E-state index is 4.55. The topological polar surface area (TPSA) is 28.2 Å². The van der Waals surface area contributed by atoms with Crippen molar-refractivity contribution in [2.75, 3.05) is 13.1 Å². The van der Waals surface area contributed by atoms with Crippen LogP contribution in [0, 0.1) is 18.8 Å².